The van der Waals surface area contributed by atoms with Gasteiger partial charge in [-0.15, -0.1) is 0 Å². The molecular formula is C14H15NO3. The van der Waals surface area contributed by atoms with Crippen molar-refractivity contribution >= 4 is 16.5 Å². The lowest BCUT2D eigenvalue weighted by atomic mass is 10.0. The number of ether oxygens (including phenoxy) is 1. The average Bonchev–Trinajstić information content (AvgIpc) is 2.43. The number of aliphatic hydroxyl groups excluding tert-OH is 1. The fourth-order valence-electron chi connectivity index (χ4n) is 1.88. The number of benzene rings is 2. The molecule has 0 saturated carbocycles. The first-order valence-electron chi connectivity index (χ1n) is 5.72. The van der Waals surface area contributed by atoms with Crippen molar-refractivity contribution in [2.45, 2.75) is 6.92 Å². The van der Waals surface area contributed by atoms with E-state index in [1.54, 1.807) is 6.92 Å². The molecule has 4 heteroatoms. The summed E-state index contributed by atoms with van der Waals surface area (Å²) >= 11 is 0. The van der Waals surface area contributed by atoms with Gasteiger partial charge in [0.25, 0.3) is 0 Å². The van der Waals surface area contributed by atoms with Crippen LogP contribution in [0.4, 0.5) is 0 Å². The Morgan fingerprint density at radius 3 is 2.72 bits per heavy atom. The molecule has 94 valence electrons. The third kappa shape index (κ3) is 2.28. The van der Waals surface area contributed by atoms with Crippen LogP contribution in [0.5, 0.6) is 5.75 Å². The van der Waals surface area contributed by atoms with Gasteiger partial charge in [-0.1, -0.05) is 35.5 Å². The van der Waals surface area contributed by atoms with Gasteiger partial charge in [-0.3, -0.25) is 0 Å². The zero-order chi connectivity index (χ0) is 13.0. The Balaban J connectivity index is 2.63. The smallest absolute Gasteiger partial charge is 0.136 e. The van der Waals surface area contributed by atoms with Gasteiger partial charge in [0, 0.05) is 10.9 Å². The van der Waals surface area contributed by atoms with Crippen LogP contribution in [0.1, 0.15) is 12.5 Å². The lowest BCUT2D eigenvalue weighted by molar-refractivity contribution is 0.202. The zero-order valence-electron chi connectivity index (χ0n) is 10.1. The SMILES string of the molecule is C/C(=N\O)c1ccc2ccccc2c1OCCO. The van der Waals surface area contributed by atoms with E-state index in [1.165, 1.54) is 0 Å². The monoisotopic (exact) mass is 245 g/mol. The number of fused-ring (bicyclic) bond motifs is 1. The van der Waals surface area contributed by atoms with Crippen molar-refractivity contribution < 1.29 is 15.1 Å². The number of oxime groups is 1. The van der Waals surface area contributed by atoms with Gasteiger partial charge in [0.05, 0.1) is 12.3 Å². The lowest BCUT2D eigenvalue weighted by Crippen LogP contribution is -2.06. The highest BCUT2D eigenvalue weighted by atomic mass is 16.5. The van der Waals surface area contributed by atoms with Crippen LogP contribution in [0.2, 0.25) is 0 Å². The molecule has 0 fully saturated rings. The van der Waals surface area contributed by atoms with Crippen molar-refractivity contribution in [1.82, 2.24) is 0 Å². The van der Waals surface area contributed by atoms with E-state index in [4.69, 9.17) is 15.1 Å². The summed E-state index contributed by atoms with van der Waals surface area (Å²) in [5.41, 5.74) is 1.21. The van der Waals surface area contributed by atoms with Crippen LogP contribution in [-0.4, -0.2) is 29.2 Å². The summed E-state index contributed by atoms with van der Waals surface area (Å²) < 4.78 is 5.58. The van der Waals surface area contributed by atoms with Gasteiger partial charge in [0.15, 0.2) is 0 Å². The summed E-state index contributed by atoms with van der Waals surface area (Å²) in [6.45, 7) is 1.85. The highest BCUT2D eigenvalue weighted by Crippen LogP contribution is 2.30. The number of hydrogen-bond acceptors (Lipinski definition) is 4. The second-order valence-corrected chi connectivity index (χ2v) is 3.92. The average molecular weight is 245 g/mol. The van der Waals surface area contributed by atoms with Crippen molar-refractivity contribution in [1.29, 1.82) is 0 Å². The minimum Gasteiger partial charge on any atom is -0.490 e. The minimum absolute atomic E-state index is 0.0576. The molecule has 2 rings (SSSR count). The summed E-state index contributed by atoms with van der Waals surface area (Å²) in [6.07, 6.45) is 0. The Morgan fingerprint density at radius 2 is 2.00 bits per heavy atom. The largest absolute Gasteiger partial charge is 0.490 e. The molecule has 0 unspecified atom stereocenters. The van der Waals surface area contributed by atoms with E-state index >= 15 is 0 Å². The van der Waals surface area contributed by atoms with Crippen LogP contribution in [0, 0.1) is 0 Å². The second kappa shape index (κ2) is 5.51. The first-order chi connectivity index (χ1) is 8.77. The third-order valence-corrected chi connectivity index (χ3v) is 2.76. The molecule has 0 saturated heterocycles. The standard InChI is InChI=1S/C14H15NO3/c1-10(15-17)12-7-6-11-4-2-3-5-13(11)14(12)18-9-8-16/h2-7,16-17H,8-9H2,1H3/b15-10+. The van der Waals surface area contributed by atoms with Crippen LogP contribution >= 0.6 is 0 Å². The van der Waals surface area contributed by atoms with Gasteiger partial charge in [-0.2, -0.15) is 0 Å². The molecule has 2 N–H and O–H groups in total. The first-order valence-corrected chi connectivity index (χ1v) is 5.72. The molecule has 0 bridgehead atoms. The van der Waals surface area contributed by atoms with E-state index < -0.39 is 0 Å². The molecule has 18 heavy (non-hydrogen) atoms. The van der Waals surface area contributed by atoms with E-state index in [0.717, 1.165) is 16.3 Å². The molecule has 0 aliphatic carbocycles. The number of hydrogen-bond donors (Lipinski definition) is 2. The van der Waals surface area contributed by atoms with Gasteiger partial charge in [-0.25, -0.2) is 0 Å². The van der Waals surface area contributed by atoms with Gasteiger partial charge < -0.3 is 15.1 Å². The molecule has 0 aliphatic rings. The van der Waals surface area contributed by atoms with E-state index in [9.17, 15) is 0 Å². The zero-order valence-corrected chi connectivity index (χ0v) is 10.1. The van der Waals surface area contributed by atoms with Crippen LogP contribution in [0.25, 0.3) is 10.8 Å². The maximum atomic E-state index is 8.89. The van der Waals surface area contributed by atoms with Crippen LogP contribution < -0.4 is 4.74 Å². The quantitative estimate of drug-likeness (QED) is 0.494. The molecule has 2 aromatic rings. The third-order valence-electron chi connectivity index (χ3n) is 2.76. The van der Waals surface area contributed by atoms with E-state index in [-0.39, 0.29) is 13.2 Å². The lowest BCUT2D eigenvalue weighted by Gasteiger charge is -2.13. The van der Waals surface area contributed by atoms with Gasteiger partial charge in [-0.05, 0) is 18.4 Å². The van der Waals surface area contributed by atoms with Gasteiger partial charge in [0.2, 0.25) is 0 Å². The summed E-state index contributed by atoms with van der Waals surface area (Å²) in [5, 5.41) is 23.0. The molecule has 0 aromatic heterocycles. The highest BCUT2D eigenvalue weighted by molar-refractivity contribution is 6.06. The van der Waals surface area contributed by atoms with Gasteiger partial charge in [0.1, 0.15) is 12.4 Å². The molecule has 0 aliphatic heterocycles. The van der Waals surface area contributed by atoms with Crippen molar-refractivity contribution in [3.05, 3.63) is 42.0 Å². The predicted octanol–water partition coefficient (Wildman–Crippen LogP) is 2.41. The van der Waals surface area contributed by atoms with E-state index in [0.29, 0.717) is 11.5 Å². The number of nitrogens with zero attached hydrogens (tertiary/aromatic N) is 1. The Bertz CT molecular complexity index is 578. The van der Waals surface area contributed by atoms with Crippen LogP contribution in [-0.2, 0) is 0 Å². The fourth-order valence-corrected chi connectivity index (χ4v) is 1.88. The van der Waals surface area contributed by atoms with Crippen LogP contribution in [0.15, 0.2) is 41.6 Å². The van der Waals surface area contributed by atoms with Crippen molar-refractivity contribution in [2.24, 2.45) is 5.16 Å². The molecule has 0 spiro atoms. The topological polar surface area (TPSA) is 62.1 Å². The summed E-state index contributed by atoms with van der Waals surface area (Å²) in [4.78, 5) is 0. The van der Waals surface area contributed by atoms with Crippen LogP contribution in [0.3, 0.4) is 0 Å². The highest BCUT2D eigenvalue weighted by Gasteiger charge is 2.11. The normalized spacial score (nSPS) is 11.8. The maximum absolute atomic E-state index is 8.89. The van der Waals surface area contributed by atoms with E-state index in [2.05, 4.69) is 5.16 Å². The molecule has 0 amide bonds. The Kier molecular flexibility index (Phi) is 3.79. The fraction of sp³-hybridized carbons (Fsp3) is 0.214. The summed E-state index contributed by atoms with van der Waals surface area (Å²) in [6, 6.07) is 11.6. The Labute approximate surface area is 105 Å². The molecule has 4 nitrogen and oxygen atoms in total. The second-order valence-electron chi connectivity index (χ2n) is 3.92. The number of rotatable bonds is 4. The van der Waals surface area contributed by atoms with E-state index in [1.807, 2.05) is 36.4 Å². The summed E-state index contributed by atoms with van der Waals surface area (Å²) in [7, 11) is 0. The Morgan fingerprint density at radius 1 is 1.22 bits per heavy atom. The minimum atomic E-state index is -0.0576. The van der Waals surface area contributed by atoms with Crippen molar-refractivity contribution in [3.8, 4) is 5.75 Å². The summed E-state index contributed by atoms with van der Waals surface area (Å²) in [5.74, 6) is 0.637. The Hall–Kier alpha value is -2.07. The predicted molar refractivity (Wildman–Crippen MR) is 70.5 cm³/mol. The maximum Gasteiger partial charge on any atom is 0.136 e. The molecular weight excluding hydrogens is 230 g/mol. The number of aliphatic hydroxyl groups is 1. The molecule has 0 atom stereocenters. The van der Waals surface area contributed by atoms with Crippen molar-refractivity contribution in [2.75, 3.05) is 13.2 Å². The molecule has 2 aromatic carbocycles. The molecule has 0 radical (unpaired) electrons. The first kappa shape index (κ1) is 12.4. The molecule has 0 heterocycles. The van der Waals surface area contributed by atoms with Gasteiger partial charge >= 0.3 is 0 Å². The van der Waals surface area contributed by atoms with Crippen molar-refractivity contribution in [3.63, 3.8) is 0 Å².